The average molecular weight is 374 g/mol. The first kappa shape index (κ1) is 16.9. The molecule has 0 atom stereocenters. The van der Waals surface area contributed by atoms with Gasteiger partial charge in [0.2, 0.25) is 0 Å². The summed E-state index contributed by atoms with van der Waals surface area (Å²) < 4.78 is 5.50. The number of hydrogen-bond acceptors (Lipinski definition) is 7. The summed E-state index contributed by atoms with van der Waals surface area (Å²) in [6, 6.07) is 1.26. The van der Waals surface area contributed by atoms with Gasteiger partial charge in [0.25, 0.3) is 0 Å². The Bertz CT molecular complexity index is 765. The minimum atomic E-state index is 0.525. The molecule has 2 fully saturated rings. The van der Waals surface area contributed by atoms with Crippen LogP contribution in [0.15, 0.2) is 6.33 Å². The monoisotopic (exact) mass is 373 g/mol. The molecule has 0 amide bonds. The van der Waals surface area contributed by atoms with Gasteiger partial charge in [0, 0.05) is 43.1 Å². The van der Waals surface area contributed by atoms with Crippen LogP contribution in [0.5, 0.6) is 0 Å². The van der Waals surface area contributed by atoms with Gasteiger partial charge in [-0.1, -0.05) is 0 Å². The summed E-state index contributed by atoms with van der Waals surface area (Å²) in [6.45, 7) is 6.01. The normalized spacial score (nSPS) is 27.4. The summed E-state index contributed by atoms with van der Waals surface area (Å²) in [5.74, 6) is 1.05. The average Bonchev–Trinajstić information content (AvgIpc) is 3.09. The van der Waals surface area contributed by atoms with Gasteiger partial charge in [0.15, 0.2) is 0 Å². The first-order valence-electron chi connectivity index (χ1n) is 9.93. The quantitative estimate of drug-likeness (QED) is 0.861. The van der Waals surface area contributed by atoms with Gasteiger partial charge in [-0.05, 0) is 37.7 Å². The number of hydrogen-bond donors (Lipinski definition) is 2. The van der Waals surface area contributed by atoms with Crippen LogP contribution < -0.4 is 10.6 Å². The second kappa shape index (κ2) is 7.38. The summed E-state index contributed by atoms with van der Waals surface area (Å²) in [5, 5.41) is 8.53. The van der Waals surface area contributed by atoms with Crippen molar-refractivity contribution in [2.75, 3.05) is 38.2 Å². The fraction of sp³-hybridized carbons (Fsp3) is 0.684. The number of aromatic nitrogens is 2. The lowest BCUT2D eigenvalue weighted by atomic mass is 9.90. The Hall–Kier alpha value is -1.28. The number of thiophene rings is 1. The van der Waals surface area contributed by atoms with E-state index in [1.54, 1.807) is 6.33 Å². The van der Waals surface area contributed by atoms with Crippen LogP contribution in [0.3, 0.4) is 0 Å². The minimum Gasteiger partial charge on any atom is -0.379 e. The van der Waals surface area contributed by atoms with E-state index in [9.17, 15) is 0 Å². The predicted molar refractivity (Wildman–Crippen MR) is 105 cm³/mol. The van der Waals surface area contributed by atoms with E-state index >= 15 is 0 Å². The molecule has 2 N–H and O–H groups in total. The predicted octanol–water partition coefficient (Wildman–Crippen LogP) is 2.39. The van der Waals surface area contributed by atoms with Crippen LogP contribution in [-0.2, 0) is 17.7 Å². The maximum atomic E-state index is 5.50. The van der Waals surface area contributed by atoms with Crippen molar-refractivity contribution in [1.29, 1.82) is 0 Å². The largest absolute Gasteiger partial charge is 0.379 e. The van der Waals surface area contributed by atoms with Gasteiger partial charge in [-0.25, -0.2) is 9.97 Å². The topological polar surface area (TPSA) is 62.3 Å². The Morgan fingerprint density at radius 3 is 2.85 bits per heavy atom. The van der Waals surface area contributed by atoms with Crippen LogP contribution in [-0.4, -0.2) is 59.8 Å². The smallest absolute Gasteiger partial charge is 0.138 e. The fourth-order valence-electron chi connectivity index (χ4n) is 4.67. The van der Waals surface area contributed by atoms with Crippen molar-refractivity contribution >= 4 is 27.4 Å². The van der Waals surface area contributed by atoms with E-state index in [4.69, 9.17) is 4.74 Å². The lowest BCUT2D eigenvalue weighted by molar-refractivity contribution is 0.00791. The zero-order chi connectivity index (χ0) is 17.3. The molecule has 1 saturated heterocycles. The number of morpholine rings is 1. The van der Waals surface area contributed by atoms with Gasteiger partial charge in [0.05, 0.1) is 18.6 Å². The molecule has 26 heavy (non-hydrogen) atoms. The maximum absolute atomic E-state index is 5.50. The third-order valence-corrected chi connectivity index (χ3v) is 7.30. The van der Waals surface area contributed by atoms with Crippen molar-refractivity contribution in [3.8, 4) is 0 Å². The van der Waals surface area contributed by atoms with Crippen LogP contribution in [0.25, 0.3) is 10.2 Å². The highest BCUT2D eigenvalue weighted by molar-refractivity contribution is 7.19. The third-order valence-electron chi connectivity index (χ3n) is 6.10. The number of nitrogens with one attached hydrogen (secondary N) is 2. The SMILES string of the molecule is c1nc(N[C@H]2CC[C@H](N3CCOCC3)CC2)c2c3c(sc2n1)CCNC3. The highest BCUT2D eigenvalue weighted by atomic mass is 32.1. The Kier molecular flexibility index (Phi) is 4.79. The van der Waals surface area contributed by atoms with Crippen molar-refractivity contribution in [3.63, 3.8) is 0 Å². The van der Waals surface area contributed by atoms with Crippen LogP contribution >= 0.6 is 11.3 Å². The first-order chi connectivity index (χ1) is 12.9. The molecule has 4 heterocycles. The lowest BCUT2D eigenvalue weighted by Crippen LogP contribution is -2.46. The van der Waals surface area contributed by atoms with Crippen molar-refractivity contribution in [3.05, 3.63) is 16.8 Å². The molecule has 2 aromatic heterocycles. The highest BCUT2D eigenvalue weighted by Gasteiger charge is 2.28. The van der Waals surface area contributed by atoms with E-state index in [1.807, 2.05) is 11.3 Å². The Balaban J connectivity index is 1.29. The maximum Gasteiger partial charge on any atom is 0.138 e. The fourth-order valence-corrected chi connectivity index (χ4v) is 5.83. The van der Waals surface area contributed by atoms with Crippen molar-refractivity contribution < 1.29 is 4.74 Å². The van der Waals surface area contributed by atoms with Gasteiger partial charge in [-0.15, -0.1) is 11.3 Å². The highest BCUT2D eigenvalue weighted by Crippen LogP contribution is 2.36. The molecule has 0 bridgehead atoms. The molecule has 6 nitrogen and oxygen atoms in total. The molecule has 1 saturated carbocycles. The molecule has 0 radical (unpaired) electrons. The molecule has 2 aromatic rings. The van der Waals surface area contributed by atoms with E-state index in [2.05, 4.69) is 25.5 Å². The first-order valence-corrected chi connectivity index (χ1v) is 10.7. The number of fused-ring (bicyclic) bond motifs is 3. The van der Waals surface area contributed by atoms with E-state index in [1.165, 1.54) is 41.5 Å². The van der Waals surface area contributed by atoms with Gasteiger partial charge in [-0.2, -0.15) is 0 Å². The Labute approximate surface area is 158 Å². The van der Waals surface area contributed by atoms with Gasteiger partial charge >= 0.3 is 0 Å². The van der Waals surface area contributed by atoms with E-state index in [-0.39, 0.29) is 0 Å². The van der Waals surface area contributed by atoms with E-state index in [0.29, 0.717) is 6.04 Å². The lowest BCUT2D eigenvalue weighted by Gasteiger charge is -2.39. The molecular formula is C19H27N5OS. The Morgan fingerprint density at radius 1 is 1.15 bits per heavy atom. The minimum absolute atomic E-state index is 0.525. The molecular weight excluding hydrogens is 346 g/mol. The second-order valence-electron chi connectivity index (χ2n) is 7.63. The summed E-state index contributed by atoms with van der Waals surface area (Å²) in [7, 11) is 0. The summed E-state index contributed by atoms with van der Waals surface area (Å²) in [5.41, 5.74) is 1.42. The molecule has 0 aromatic carbocycles. The molecule has 0 spiro atoms. The van der Waals surface area contributed by atoms with Crippen LogP contribution in [0.1, 0.15) is 36.1 Å². The zero-order valence-corrected chi connectivity index (χ0v) is 16.0. The summed E-state index contributed by atoms with van der Waals surface area (Å²) in [4.78, 5) is 14.4. The van der Waals surface area contributed by atoms with Crippen molar-refractivity contribution in [2.24, 2.45) is 0 Å². The molecule has 140 valence electrons. The number of rotatable bonds is 3. The van der Waals surface area contributed by atoms with Gasteiger partial charge in [-0.3, -0.25) is 4.90 Å². The summed E-state index contributed by atoms with van der Waals surface area (Å²) in [6.07, 6.45) is 7.82. The van der Waals surface area contributed by atoms with Crippen LogP contribution in [0.4, 0.5) is 5.82 Å². The molecule has 3 aliphatic rings. The van der Waals surface area contributed by atoms with Crippen molar-refractivity contribution in [2.45, 2.75) is 50.7 Å². The third kappa shape index (κ3) is 3.22. The number of anilines is 1. The zero-order valence-electron chi connectivity index (χ0n) is 15.2. The van der Waals surface area contributed by atoms with E-state index in [0.717, 1.165) is 62.5 Å². The number of nitrogens with zero attached hydrogens (tertiary/aromatic N) is 3. The molecule has 5 rings (SSSR count). The molecule has 7 heteroatoms. The van der Waals surface area contributed by atoms with Crippen LogP contribution in [0.2, 0.25) is 0 Å². The summed E-state index contributed by atoms with van der Waals surface area (Å²) >= 11 is 1.85. The van der Waals surface area contributed by atoms with Gasteiger partial charge < -0.3 is 15.4 Å². The van der Waals surface area contributed by atoms with E-state index < -0.39 is 0 Å². The van der Waals surface area contributed by atoms with Gasteiger partial charge in [0.1, 0.15) is 17.0 Å². The standard InChI is InChI=1S/C19H27N5OS/c1-3-14(24-7-9-25-10-8-24)4-2-13(1)23-18-17-15-11-20-6-5-16(15)26-19(17)22-12-21-18/h12-14,20H,1-11H2,(H,21,22,23)/t13-,14-. The van der Waals surface area contributed by atoms with Crippen LogP contribution in [0, 0.1) is 0 Å². The molecule has 1 aliphatic carbocycles. The Morgan fingerprint density at radius 2 is 2.00 bits per heavy atom. The van der Waals surface area contributed by atoms with Crippen molar-refractivity contribution in [1.82, 2.24) is 20.2 Å². The number of ether oxygens (including phenoxy) is 1. The second-order valence-corrected chi connectivity index (χ2v) is 8.71. The molecule has 0 unspecified atom stereocenters. The molecule has 2 aliphatic heterocycles.